The Morgan fingerprint density at radius 1 is 1.04 bits per heavy atom. The molecule has 2 heteroatoms. The molecule has 1 aliphatic rings. The molecule has 28 heavy (non-hydrogen) atoms. The second-order valence-corrected chi connectivity index (χ2v) is 8.81. The van der Waals surface area contributed by atoms with E-state index in [2.05, 4.69) is 62.9 Å². The monoisotopic (exact) mass is 379 g/mol. The number of benzene rings is 2. The van der Waals surface area contributed by atoms with Crippen LogP contribution in [0.4, 0.5) is 5.69 Å². The van der Waals surface area contributed by atoms with E-state index in [9.17, 15) is 0 Å². The molecule has 2 nitrogen and oxygen atoms in total. The first kappa shape index (κ1) is 20.8. The maximum absolute atomic E-state index is 6.18. The molecule has 3 rings (SSSR count). The summed E-state index contributed by atoms with van der Waals surface area (Å²) in [5.41, 5.74) is 4.62. The van der Waals surface area contributed by atoms with Crippen molar-refractivity contribution in [1.82, 2.24) is 0 Å². The topological polar surface area (TPSA) is 12.5 Å². The highest BCUT2D eigenvalue weighted by Gasteiger charge is 2.31. The first-order valence-electron chi connectivity index (χ1n) is 11.1. The van der Waals surface area contributed by atoms with Gasteiger partial charge in [-0.05, 0) is 54.5 Å². The minimum absolute atomic E-state index is 0.241. The molecule has 2 aromatic carbocycles. The van der Waals surface area contributed by atoms with Crippen LogP contribution < -0.4 is 9.64 Å². The van der Waals surface area contributed by atoms with E-state index in [4.69, 9.17) is 4.74 Å². The third-order valence-electron chi connectivity index (χ3n) is 6.30. The Labute approximate surface area is 171 Å². The van der Waals surface area contributed by atoms with Gasteiger partial charge in [0.2, 0.25) is 0 Å². The second-order valence-electron chi connectivity index (χ2n) is 8.81. The molecule has 0 spiro atoms. The van der Waals surface area contributed by atoms with Gasteiger partial charge in [0, 0.05) is 24.7 Å². The van der Waals surface area contributed by atoms with Crippen LogP contribution in [0.3, 0.4) is 0 Å². The zero-order chi connectivity index (χ0) is 20.0. The standard InChI is InChI=1S/C26H37NO/c1-5-7-9-12-22(20-28-23-13-10-8-11-14-23)21-15-16-25-24(19-21)26(3,4)17-18-27(25)6-2/h8,10-11,13-16,19,22H,5-7,9,12,17-18,20H2,1-4H3. The van der Waals surface area contributed by atoms with Gasteiger partial charge in [-0.1, -0.05) is 70.4 Å². The molecule has 0 saturated carbocycles. The van der Waals surface area contributed by atoms with Crippen LogP contribution in [0.5, 0.6) is 5.75 Å². The third-order valence-corrected chi connectivity index (χ3v) is 6.30. The summed E-state index contributed by atoms with van der Waals surface area (Å²) in [6, 6.07) is 17.4. The number of unbranched alkanes of at least 4 members (excludes halogenated alkanes) is 2. The lowest BCUT2D eigenvalue weighted by molar-refractivity contribution is 0.278. The lowest BCUT2D eigenvalue weighted by Crippen LogP contribution is -2.37. The number of fused-ring (bicyclic) bond motifs is 1. The van der Waals surface area contributed by atoms with Gasteiger partial charge in [-0.25, -0.2) is 0 Å². The number of anilines is 1. The quantitative estimate of drug-likeness (QED) is 0.438. The van der Waals surface area contributed by atoms with E-state index < -0.39 is 0 Å². The molecule has 2 aromatic rings. The van der Waals surface area contributed by atoms with Crippen LogP contribution in [0.1, 0.15) is 76.8 Å². The Balaban J connectivity index is 1.84. The lowest BCUT2D eigenvalue weighted by Gasteiger charge is -2.40. The lowest BCUT2D eigenvalue weighted by atomic mass is 9.76. The predicted molar refractivity (Wildman–Crippen MR) is 121 cm³/mol. The summed E-state index contributed by atoms with van der Waals surface area (Å²) in [4.78, 5) is 2.52. The van der Waals surface area contributed by atoms with Crippen molar-refractivity contribution in [3.05, 3.63) is 59.7 Å². The number of para-hydroxylation sites is 1. The number of ether oxygens (including phenoxy) is 1. The van der Waals surface area contributed by atoms with Crippen molar-refractivity contribution in [3.63, 3.8) is 0 Å². The maximum atomic E-state index is 6.18. The van der Waals surface area contributed by atoms with Crippen molar-refractivity contribution in [2.24, 2.45) is 0 Å². The van der Waals surface area contributed by atoms with Gasteiger partial charge in [-0.2, -0.15) is 0 Å². The SMILES string of the molecule is CCCCCC(COc1ccccc1)c1ccc2c(c1)C(C)(C)CCN2CC. The van der Waals surface area contributed by atoms with Crippen molar-refractivity contribution >= 4 is 5.69 Å². The fraction of sp³-hybridized carbons (Fsp3) is 0.538. The Bertz CT molecular complexity index is 737. The Kier molecular flexibility index (Phi) is 7.04. The van der Waals surface area contributed by atoms with Crippen molar-refractivity contribution in [2.45, 2.75) is 71.1 Å². The Hall–Kier alpha value is -1.96. The summed E-state index contributed by atoms with van der Waals surface area (Å²) in [5.74, 6) is 1.42. The van der Waals surface area contributed by atoms with E-state index in [1.165, 1.54) is 48.9 Å². The molecule has 0 saturated heterocycles. The zero-order valence-corrected chi connectivity index (χ0v) is 18.2. The molecule has 1 heterocycles. The van der Waals surface area contributed by atoms with E-state index in [1.54, 1.807) is 0 Å². The third kappa shape index (κ3) is 4.90. The number of nitrogens with zero attached hydrogens (tertiary/aromatic N) is 1. The van der Waals surface area contributed by atoms with Crippen LogP contribution >= 0.6 is 0 Å². The predicted octanol–water partition coefficient (Wildman–Crippen LogP) is 6.94. The van der Waals surface area contributed by atoms with E-state index in [-0.39, 0.29) is 5.41 Å². The van der Waals surface area contributed by atoms with Gasteiger partial charge in [0.05, 0.1) is 6.61 Å². The van der Waals surface area contributed by atoms with Gasteiger partial charge in [0.1, 0.15) is 5.75 Å². The minimum atomic E-state index is 0.241. The molecule has 152 valence electrons. The fourth-order valence-corrected chi connectivity index (χ4v) is 4.32. The molecule has 1 unspecified atom stereocenters. The molecule has 0 amide bonds. The smallest absolute Gasteiger partial charge is 0.119 e. The van der Waals surface area contributed by atoms with Crippen LogP contribution in [0.25, 0.3) is 0 Å². The van der Waals surface area contributed by atoms with Gasteiger partial charge in [-0.15, -0.1) is 0 Å². The van der Waals surface area contributed by atoms with Gasteiger partial charge in [0.25, 0.3) is 0 Å². The first-order valence-corrected chi connectivity index (χ1v) is 11.1. The van der Waals surface area contributed by atoms with Gasteiger partial charge < -0.3 is 9.64 Å². The summed E-state index contributed by atoms with van der Waals surface area (Å²) in [6.45, 7) is 12.3. The van der Waals surface area contributed by atoms with Gasteiger partial charge in [0.15, 0.2) is 0 Å². The van der Waals surface area contributed by atoms with E-state index in [0.29, 0.717) is 5.92 Å². The molecule has 0 aromatic heterocycles. The molecule has 0 radical (unpaired) electrons. The first-order chi connectivity index (χ1) is 13.5. The summed E-state index contributed by atoms with van der Waals surface area (Å²) < 4.78 is 6.18. The van der Waals surface area contributed by atoms with Crippen LogP contribution in [-0.2, 0) is 5.41 Å². The average Bonchev–Trinajstić information content (AvgIpc) is 2.71. The van der Waals surface area contributed by atoms with Crippen molar-refractivity contribution < 1.29 is 4.74 Å². The minimum Gasteiger partial charge on any atom is -0.493 e. The number of hydrogen-bond donors (Lipinski definition) is 0. The second kappa shape index (κ2) is 9.49. The van der Waals surface area contributed by atoms with Crippen molar-refractivity contribution in [1.29, 1.82) is 0 Å². The van der Waals surface area contributed by atoms with E-state index in [0.717, 1.165) is 25.4 Å². The highest BCUT2D eigenvalue weighted by atomic mass is 16.5. The fourth-order valence-electron chi connectivity index (χ4n) is 4.32. The molecular weight excluding hydrogens is 342 g/mol. The van der Waals surface area contributed by atoms with Crippen LogP contribution in [0.15, 0.2) is 48.5 Å². The van der Waals surface area contributed by atoms with Crippen LogP contribution in [0.2, 0.25) is 0 Å². The van der Waals surface area contributed by atoms with Gasteiger partial charge >= 0.3 is 0 Å². The summed E-state index contributed by atoms with van der Waals surface area (Å²) in [7, 11) is 0. The molecule has 0 aliphatic carbocycles. The maximum Gasteiger partial charge on any atom is 0.119 e. The molecule has 0 bridgehead atoms. The number of hydrogen-bond acceptors (Lipinski definition) is 2. The van der Waals surface area contributed by atoms with Crippen molar-refractivity contribution in [2.75, 3.05) is 24.6 Å². The summed E-state index contributed by atoms with van der Waals surface area (Å²) >= 11 is 0. The van der Waals surface area contributed by atoms with E-state index >= 15 is 0 Å². The summed E-state index contributed by atoms with van der Waals surface area (Å²) in [5, 5.41) is 0. The molecule has 1 aliphatic heterocycles. The summed E-state index contributed by atoms with van der Waals surface area (Å²) in [6.07, 6.45) is 6.23. The van der Waals surface area contributed by atoms with Crippen molar-refractivity contribution in [3.8, 4) is 5.75 Å². The van der Waals surface area contributed by atoms with Crippen LogP contribution in [0, 0.1) is 0 Å². The molecule has 0 fully saturated rings. The Morgan fingerprint density at radius 2 is 1.82 bits per heavy atom. The molecular formula is C26H37NO. The number of rotatable bonds is 9. The zero-order valence-electron chi connectivity index (χ0n) is 18.2. The van der Waals surface area contributed by atoms with Crippen LogP contribution in [-0.4, -0.2) is 19.7 Å². The largest absolute Gasteiger partial charge is 0.493 e. The van der Waals surface area contributed by atoms with Gasteiger partial charge in [-0.3, -0.25) is 0 Å². The Morgan fingerprint density at radius 3 is 2.54 bits per heavy atom. The van der Waals surface area contributed by atoms with E-state index in [1.807, 2.05) is 18.2 Å². The normalized spacial score (nSPS) is 16.5. The highest BCUT2D eigenvalue weighted by Crippen LogP contribution is 2.41. The molecule has 1 atom stereocenters. The average molecular weight is 380 g/mol. The molecule has 0 N–H and O–H groups in total. The highest BCUT2D eigenvalue weighted by molar-refractivity contribution is 5.60.